The van der Waals surface area contributed by atoms with Gasteiger partial charge in [0.25, 0.3) is 0 Å². The summed E-state index contributed by atoms with van der Waals surface area (Å²) in [6.07, 6.45) is 5.19. The first-order valence-corrected chi connectivity index (χ1v) is 7.56. The van der Waals surface area contributed by atoms with Gasteiger partial charge in [-0.2, -0.15) is 5.26 Å². The fourth-order valence-electron chi connectivity index (χ4n) is 2.23. The summed E-state index contributed by atoms with van der Waals surface area (Å²) in [4.78, 5) is 4.60. The minimum Gasteiger partial charge on any atom is -0.340 e. The molecule has 2 rings (SSSR count). The van der Waals surface area contributed by atoms with Gasteiger partial charge in [0.2, 0.25) is 0 Å². The Kier molecular flexibility index (Phi) is 5.54. The lowest BCUT2D eigenvalue weighted by atomic mass is 10.1. The van der Waals surface area contributed by atoms with E-state index in [0.29, 0.717) is 17.2 Å². The van der Waals surface area contributed by atoms with Crippen molar-refractivity contribution >= 4 is 17.3 Å². The Hall–Kier alpha value is -3.32. The highest BCUT2D eigenvalue weighted by molar-refractivity contribution is 5.70. The van der Waals surface area contributed by atoms with E-state index in [1.165, 1.54) is 0 Å². The smallest absolute Gasteiger partial charge is 0.151 e. The molecular formula is C20H20N4. The molecule has 0 aliphatic carbocycles. The molecule has 0 saturated heterocycles. The molecule has 120 valence electrons. The first-order chi connectivity index (χ1) is 11.6. The summed E-state index contributed by atoms with van der Waals surface area (Å²) in [6.45, 7) is 11.3. The van der Waals surface area contributed by atoms with Crippen LogP contribution in [0.2, 0.25) is 0 Å². The molecule has 0 aliphatic heterocycles. The number of rotatable bonds is 6. The normalized spacial score (nSPS) is 10.6. The lowest BCUT2D eigenvalue weighted by Crippen LogP contribution is -2.07. The maximum absolute atomic E-state index is 9.51. The lowest BCUT2D eigenvalue weighted by Gasteiger charge is -2.16. The lowest BCUT2D eigenvalue weighted by molar-refractivity contribution is 1.18. The molecule has 0 aliphatic rings. The van der Waals surface area contributed by atoms with Crippen molar-refractivity contribution in [3.05, 3.63) is 84.1 Å². The summed E-state index contributed by atoms with van der Waals surface area (Å²) in [5.41, 5.74) is 4.00. The fourth-order valence-corrected chi connectivity index (χ4v) is 2.23. The van der Waals surface area contributed by atoms with E-state index in [2.05, 4.69) is 34.8 Å². The molecule has 4 heteroatoms. The molecule has 4 nitrogen and oxygen atoms in total. The Morgan fingerprint density at radius 3 is 2.42 bits per heavy atom. The van der Waals surface area contributed by atoms with Gasteiger partial charge < -0.3 is 10.6 Å². The number of benzene rings is 1. The quantitative estimate of drug-likeness (QED) is 0.738. The number of allylic oxidation sites excluding steroid dienone is 3. The van der Waals surface area contributed by atoms with Crippen molar-refractivity contribution in [1.29, 1.82) is 5.26 Å². The number of pyridine rings is 1. The number of para-hydroxylation sites is 1. The first kappa shape index (κ1) is 17.0. The zero-order valence-corrected chi connectivity index (χ0v) is 13.9. The van der Waals surface area contributed by atoms with Crippen molar-refractivity contribution in [3.63, 3.8) is 0 Å². The van der Waals surface area contributed by atoms with Gasteiger partial charge in [-0.3, -0.25) is 0 Å². The van der Waals surface area contributed by atoms with E-state index in [0.717, 1.165) is 22.5 Å². The van der Waals surface area contributed by atoms with Crippen LogP contribution in [0.5, 0.6) is 0 Å². The van der Waals surface area contributed by atoms with Crippen LogP contribution in [0, 0.1) is 25.2 Å². The van der Waals surface area contributed by atoms with E-state index in [1.807, 2.05) is 50.3 Å². The van der Waals surface area contributed by atoms with Gasteiger partial charge in [-0.15, -0.1) is 0 Å². The second kappa shape index (κ2) is 7.80. The van der Waals surface area contributed by atoms with Crippen LogP contribution in [0.3, 0.4) is 0 Å². The molecule has 1 heterocycles. The van der Waals surface area contributed by atoms with Crippen LogP contribution in [0.15, 0.2) is 67.4 Å². The molecule has 0 spiro atoms. The number of anilines is 3. The van der Waals surface area contributed by atoms with Gasteiger partial charge >= 0.3 is 0 Å². The van der Waals surface area contributed by atoms with Crippen LogP contribution in [0.4, 0.5) is 17.3 Å². The molecule has 0 radical (unpaired) electrons. The fraction of sp³-hybridized carbons (Fsp3) is 0.100. The van der Waals surface area contributed by atoms with Gasteiger partial charge in [0.05, 0.1) is 5.56 Å². The number of hydrogen-bond acceptors (Lipinski definition) is 4. The van der Waals surface area contributed by atoms with E-state index >= 15 is 0 Å². The predicted molar refractivity (Wildman–Crippen MR) is 100 cm³/mol. The molecule has 0 unspecified atom stereocenters. The van der Waals surface area contributed by atoms with Gasteiger partial charge in [-0.05, 0) is 49.3 Å². The molecule has 0 atom stereocenters. The third kappa shape index (κ3) is 3.71. The van der Waals surface area contributed by atoms with Crippen molar-refractivity contribution < 1.29 is 0 Å². The van der Waals surface area contributed by atoms with Crippen molar-refractivity contribution in [2.45, 2.75) is 13.8 Å². The Labute approximate surface area is 142 Å². The van der Waals surface area contributed by atoms with Gasteiger partial charge in [0.1, 0.15) is 11.9 Å². The van der Waals surface area contributed by atoms with Gasteiger partial charge in [0, 0.05) is 11.4 Å². The third-order valence-electron chi connectivity index (χ3n) is 3.68. The largest absolute Gasteiger partial charge is 0.340 e. The van der Waals surface area contributed by atoms with E-state index < -0.39 is 0 Å². The predicted octanol–water partition coefficient (Wildman–Crippen LogP) is 4.98. The summed E-state index contributed by atoms with van der Waals surface area (Å²) in [5, 5.41) is 16.0. The number of aromatic nitrogens is 1. The number of nitrogens with one attached hydrogen (secondary N) is 2. The van der Waals surface area contributed by atoms with Gasteiger partial charge in [-0.1, -0.05) is 37.4 Å². The zero-order chi connectivity index (χ0) is 17.5. The molecule has 24 heavy (non-hydrogen) atoms. The maximum Gasteiger partial charge on any atom is 0.151 e. The van der Waals surface area contributed by atoms with Crippen LogP contribution < -0.4 is 10.6 Å². The molecule has 2 aromatic rings. The monoisotopic (exact) mass is 316 g/mol. The Morgan fingerprint density at radius 1 is 1.12 bits per heavy atom. The third-order valence-corrected chi connectivity index (χ3v) is 3.68. The van der Waals surface area contributed by atoms with Crippen LogP contribution in [0.1, 0.15) is 16.7 Å². The van der Waals surface area contributed by atoms with E-state index in [4.69, 9.17) is 0 Å². The van der Waals surface area contributed by atoms with Crippen LogP contribution >= 0.6 is 0 Å². The molecule has 1 aromatic heterocycles. The Morgan fingerprint density at radius 2 is 1.83 bits per heavy atom. The molecule has 1 aromatic carbocycles. The van der Waals surface area contributed by atoms with Gasteiger partial charge in [-0.25, -0.2) is 4.98 Å². The summed E-state index contributed by atoms with van der Waals surface area (Å²) in [5.74, 6) is 1.20. The first-order valence-electron chi connectivity index (χ1n) is 7.56. The van der Waals surface area contributed by atoms with Crippen molar-refractivity contribution in [2.75, 3.05) is 10.6 Å². The molecule has 0 bridgehead atoms. The second-order valence-corrected chi connectivity index (χ2v) is 5.22. The SMILES string of the molecule is C=C/C=C(\C=C)Nc1nc(Nc2ccccc2)c(C#N)c(C)c1C. The number of nitrogens with zero attached hydrogens (tertiary/aromatic N) is 2. The minimum atomic E-state index is 0.524. The highest BCUT2D eigenvalue weighted by Gasteiger charge is 2.15. The molecule has 0 saturated carbocycles. The van der Waals surface area contributed by atoms with E-state index in [-0.39, 0.29) is 0 Å². The maximum atomic E-state index is 9.51. The summed E-state index contributed by atoms with van der Waals surface area (Å²) in [7, 11) is 0. The summed E-state index contributed by atoms with van der Waals surface area (Å²) in [6, 6.07) is 11.9. The molecule has 0 amide bonds. The van der Waals surface area contributed by atoms with Crippen LogP contribution in [0.25, 0.3) is 0 Å². The highest BCUT2D eigenvalue weighted by Crippen LogP contribution is 2.28. The topological polar surface area (TPSA) is 60.7 Å². The zero-order valence-electron chi connectivity index (χ0n) is 13.9. The Bertz CT molecular complexity index is 827. The highest BCUT2D eigenvalue weighted by atomic mass is 15.1. The number of nitriles is 1. The Balaban J connectivity index is 2.50. The summed E-state index contributed by atoms with van der Waals surface area (Å²) >= 11 is 0. The van der Waals surface area contributed by atoms with Crippen molar-refractivity contribution in [1.82, 2.24) is 4.98 Å². The minimum absolute atomic E-state index is 0.524. The van der Waals surface area contributed by atoms with Crippen LogP contribution in [-0.4, -0.2) is 4.98 Å². The van der Waals surface area contributed by atoms with Crippen LogP contribution in [-0.2, 0) is 0 Å². The molecule has 0 fully saturated rings. The molecule has 2 N–H and O–H groups in total. The van der Waals surface area contributed by atoms with Gasteiger partial charge in [0.15, 0.2) is 5.82 Å². The van der Waals surface area contributed by atoms with Crippen molar-refractivity contribution in [3.8, 4) is 6.07 Å². The number of hydrogen-bond donors (Lipinski definition) is 2. The average molecular weight is 316 g/mol. The standard InChI is InChI=1S/C20H20N4/c1-5-10-16(6-2)22-19-15(4)14(3)18(13-21)20(24-19)23-17-11-8-7-9-12-17/h5-12H,1-2H2,3-4H3,(H2,22,23,24)/b16-10+. The van der Waals surface area contributed by atoms with E-state index in [9.17, 15) is 5.26 Å². The summed E-state index contributed by atoms with van der Waals surface area (Å²) < 4.78 is 0. The van der Waals surface area contributed by atoms with E-state index in [1.54, 1.807) is 12.2 Å². The second-order valence-electron chi connectivity index (χ2n) is 5.22. The average Bonchev–Trinajstić information content (AvgIpc) is 2.60. The molecular weight excluding hydrogens is 296 g/mol. The van der Waals surface area contributed by atoms with Crippen molar-refractivity contribution in [2.24, 2.45) is 0 Å².